The molecular formula is C25H36O6. The lowest BCUT2D eigenvalue weighted by molar-refractivity contribution is -0.256. The quantitative estimate of drug-likeness (QED) is 0.651. The maximum atomic E-state index is 12.2. The number of aliphatic hydroxyl groups is 2. The molecule has 0 amide bonds. The third-order valence-corrected chi connectivity index (χ3v) is 10.4. The number of carbonyl (C=O) groups excluding carboxylic acids is 2. The van der Waals surface area contributed by atoms with Crippen LogP contribution in [-0.4, -0.2) is 46.1 Å². The van der Waals surface area contributed by atoms with E-state index >= 15 is 0 Å². The maximum Gasteiger partial charge on any atom is 0.331 e. The molecule has 172 valence electrons. The van der Waals surface area contributed by atoms with Crippen molar-refractivity contribution in [2.45, 2.75) is 95.9 Å². The Kier molecular flexibility index (Phi) is 4.70. The minimum Gasteiger partial charge on any atom is -0.462 e. The molecule has 0 bridgehead atoms. The molecule has 8 atom stereocenters. The summed E-state index contributed by atoms with van der Waals surface area (Å²) in [5.41, 5.74) is -1.16. The highest BCUT2D eigenvalue weighted by Gasteiger charge is 2.70. The average molecular weight is 433 g/mol. The summed E-state index contributed by atoms with van der Waals surface area (Å²) in [6.07, 6.45) is 8.41. The van der Waals surface area contributed by atoms with Crippen LogP contribution in [0, 0.1) is 28.6 Å². The third kappa shape index (κ3) is 2.83. The summed E-state index contributed by atoms with van der Waals surface area (Å²) in [5.74, 6) is 0.0252. The Morgan fingerprint density at radius 2 is 1.74 bits per heavy atom. The van der Waals surface area contributed by atoms with Gasteiger partial charge in [-0.25, -0.2) is 4.79 Å². The van der Waals surface area contributed by atoms with Gasteiger partial charge in [-0.2, -0.15) is 0 Å². The fourth-order valence-electron chi connectivity index (χ4n) is 8.70. The molecule has 0 radical (unpaired) electrons. The monoisotopic (exact) mass is 432 g/mol. The van der Waals surface area contributed by atoms with Crippen molar-refractivity contribution in [1.29, 1.82) is 0 Å². The van der Waals surface area contributed by atoms with Gasteiger partial charge in [-0.3, -0.25) is 4.79 Å². The summed E-state index contributed by atoms with van der Waals surface area (Å²) < 4.78 is 10.7. The minimum atomic E-state index is -0.858. The number of esters is 2. The number of ether oxygens (including phenoxy) is 2. The van der Waals surface area contributed by atoms with Gasteiger partial charge in [0.15, 0.2) is 0 Å². The van der Waals surface area contributed by atoms with Crippen molar-refractivity contribution < 1.29 is 29.3 Å². The first-order valence-electron chi connectivity index (χ1n) is 12.0. The largest absolute Gasteiger partial charge is 0.462 e. The Morgan fingerprint density at radius 3 is 2.42 bits per heavy atom. The topological polar surface area (TPSA) is 93.1 Å². The molecule has 4 fully saturated rings. The van der Waals surface area contributed by atoms with Gasteiger partial charge in [-0.05, 0) is 80.1 Å². The van der Waals surface area contributed by atoms with Gasteiger partial charge in [0.2, 0.25) is 0 Å². The lowest BCUT2D eigenvalue weighted by atomic mass is 9.42. The molecule has 4 aliphatic carbocycles. The van der Waals surface area contributed by atoms with E-state index in [-0.39, 0.29) is 46.6 Å². The molecule has 6 unspecified atom stereocenters. The van der Waals surface area contributed by atoms with Gasteiger partial charge in [0.1, 0.15) is 12.7 Å². The molecule has 4 saturated carbocycles. The molecule has 2 N–H and O–H groups in total. The van der Waals surface area contributed by atoms with Crippen LogP contribution in [0.2, 0.25) is 0 Å². The first kappa shape index (κ1) is 21.4. The van der Waals surface area contributed by atoms with Crippen LogP contribution in [0.1, 0.15) is 78.6 Å². The Labute approximate surface area is 184 Å². The highest BCUT2D eigenvalue weighted by atomic mass is 16.5. The molecule has 0 aromatic heterocycles. The number of hydrogen-bond donors (Lipinski definition) is 2. The van der Waals surface area contributed by atoms with Gasteiger partial charge in [-0.15, -0.1) is 0 Å². The van der Waals surface area contributed by atoms with Gasteiger partial charge in [0.25, 0.3) is 0 Å². The summed E-state index contributed by atoms with van der Waals surface area (Å²) in [6.45, 7) is 6.21. The molecule has 1 aliphatic heterocycles. The van der Waals surface area contributed by atoms with Crippen LogP contribution >= 0.6 is 0 Å². The zero-order valence-corrected chi connectivity index (χ0v) is 19.0. The summed E-state index contributed by atoms with van der Waals surface area (Å²) >= 11 is 0. The van der Waals surface area contributed by atoms with Crippen molar-refractivity contribution in [3.63, 3.8) is 0 Å². The second kappa shape index (κ2) is 6.80. The van der Waals surface area contributed by atoms with E-state index in [1.165, 1.54) is 6.92 Å². The first-order valence-corrected chi connectivity index (χ1v) is 12.0. The highest BCUT2D eigenvalue weighted by molar-refractivity contribution is 5.85. The maximum absolute atomic E-state index is 12.2. The SMILES string of the molecule is CC(=O)OC1CCC2(C)[C@H]3CCC4(C)C(C5=CC(=O)OC5)CCC4(O)[C@@H]3CCC2(O)C1. The Bertz CT molecular complexity index is 836. The van der Waals surface area contributed by atoms with E-state index in [0.29, 0.717) is 19.4 Å². The molecule has 0 aromatic rings. The summed E-state index contributed by atoms with van der Waals surface area (Å²) in [4.78, 5) is 23.2. The van der Waals surface area contributed by atoms with Crippen LogP contribution in [-0.2, 0) is 19.1 Å². The Morgan fingerprint density at radius 1 is 1.03 bits per heavy atom. The van der Waals surface area contributed by atoms with Gasteiger partial charge in [0, 0.05) is 24.8 Å². The molecule has 6 nitrogen and oxygen atoms in total. The molecule has 1 heterocycles. The van der Waals surface area contributed by atoms with Crippen LogP contribution in [0.4, 0.5) is 0 Å². The van der Waals surface area contributed by atoms with E-state index in [1.807, 2.05) is 0 Å². The molecule has 0 spiro atoms. The number of rotatable bonds is 2. The third-order valence-electron chi connectivity index (χ3n) is 10.4. The molecule has 5 aliphatic rings. The zero-order valence-electron chi connectivity index (χ0n) is 19.0. The van der Waals surface area contributed by atoms with E-state index in [1.54, 1.807) is 6.08 Å². The van der Waals surface area contributed by atoms with E-state index < -0.39 is 11.2 Å². The number of hydrogen-bond acceptors (Lipinski definition) is 6. The summed E-state index contributed by atoms with van der Waals surface area (Å²) in [7, 11) is 0. The summed E-state index contributed by atoms with van der Waals surface area (Å²) in [6, 6.07) is 0. The molecule has 6 heteroatoms. The Hall–Kier alpha value is -1.40. The lowest BCUT2D eigenvalue weighted by Gasteiger charge is -2.66. The van der Waals surface area contributed by atoms with E-state index in [4.69, 9.17) is 9.47 Å². The Balaban J connectivity index is 1.43. The van der Waals surface area contributed by atoms with Crippen LogP contribution in [0.15, 0.2) is 11.6 Å². The molecule has 0 aromatic carbocycles. The predicted molar refractivity (Wildman–Crippen MR) is 113 cm³/mol. The van der Waals surface area contributed by atoms with E-state index in [2.05, 4.69) is 13.8 Å². The predicted octanol–water partition coefficient (Wildman–Crippen LogP) is 3.29. The second-order valence-corrected chi connectivity index (χ2v) is 11.5. The van der Waals surface area contributed by atoms with E-state index in [9.17, 15) is 19.8 Å². The van der Waals surface area contributed by atoms with Crippen molar-refractivity contribution in [3.8, 4) is 0 Å². The van der Waals surface area contributed by atoms with E-state index in [0.717, 1.165) is 50.5 Å². The fraction of sp³-hybridized carbons (Fsp3) is 0.840. The van der Waals surface area contributed by atoms with Crippen molar-refractivity contribution in [2.24, 2.45) is 28.6 Å². The van der Waals surface area contributed by atoms with Crippen molar-refractivity contribution >= 4 is 11.9 Å². The summed E-state index contributed by atoms with van der Waals surface area (Å²) in [5, 5.41) is 24.0. The molecule has 0 saturated heterocycles. The van der Waals surface area contributed by atoms with Gasteiger partial charge < -0.3 is 19.7 Å². The standard InChI is InChI=1S/C25H36O6/c1-15(26)31-17-4-8-22(2)19-5-9-23(3)18(16-12-21(27)30-14-16)7-11-25(23,29)20(19)6-10-24(22,28)13-17/h12,17-20,28-29H,4-11,13-14H2,1-3H3/t17?,18?,19-,20+,22?,23?,24?,25?/m0/s1. The van der Waals surface area contributed by atoms with Crippen molar-refractivity contribution in [3.05, 3.63) is 11.6 Å². The molecule has 31 heavy (non-hydrogen) atoms. The highest BCUT2D eigenvalue weighted by Crippen LogP contribution is 2.70. The minimum absolute atomic E-state index is 0.144. The fourth-order valence-corrected chi connectivity index (χ4v) is 8.70. The van der Waals surface area contributed by atoms with Crippen LogP contribution in [0.5, 0.6) is 0 Å². The number of fused-ring (bicyclic) bond motifs is 5. The van der Waals surface area contributed by atoms with Crippen LogP contribution in [0.3, 0.4) is 0 Å². The van der Waals surface area contributed by atoms with Crippen LogP contribution in [0.25, 0.3) is 0 Å². The van der Waals surface area contributed by atoms with Gasteiger partial charge >= 0.3 is 11.9 Å². The van der Waals surface area contributed by atoms with Crippen LogP contribution < -0.4 is 0 Å². The smallest absolute Gasteiger partial charge is 0.331 e. The van der Waals surface area contributed by atoms with Crippen molar-refractivity contribution in [2.75, 3.05) is 6.61 Å². The first-order chi connectivity index (χ1) is 14.5. The lowest BCUT2D eigenvalue weighted by Crippen LogP contribution is -2.67. The van der Waals surface area contributed by atoms with Gasteiger partial charge in [0.05, 0.1) is 11.2 Å². The molecular weight excluding hydrogens is 396 g/mol. The number of carbonyl (C=O) groups is 2. The number of cyclic esters (lactones) is 1. The van der Waals surface area contributed by atoms with Crippen molar-refractivity contribution in [1.82, 2.24) is 0 Å². The zero-order chi connectivity index (χ0) is 22.2. The second-order valence-electron chi connectivity index (χ2n) is 11.5. The van der Waals surface area contributed by atoms with Gasteiger partial charge in [-0.1, -0.05) is 13.8 Å². The average Bonchev–Trinajstić information content (AvgIpc) is 3.22. The normalized spacial score (nSPS) is 51.3. The molecule has 5 rings (SSSR count).